The summed E-state index contributed by atoms with van der Waals surface area (Å²) in [7, 11) is 0. The first-order valence-corrected chi connectivity index (χ1v) is 4.78. The topological polar surface area (TPSA) is 99.5 Å². The van der Waals surface area contributed by atoms with Gasteiger partial charge >= 0.3 is 5.97 Å². The smallest absolute Gasteiger partial charge is 0.337 e. The molecular weight excluding hydrogens is 230 g/mol. The first-order chi connectivity index (χ1) is 7.58. The Morgan fingerprint density at radius 3 is 2.81 bits per heavy atom. The number of carboxylic acid groups (broad SMARTS) is 1. The van der Waals surface area contributed by atoms with Gasteiger partial charge in [0, 0.05) is 0 Å². The summed E-state index contributed by atoms with van der Waals surface area (Å²) in [4.78, 5) is 14.7. The number of carbonyl (C=O) groups is 1. The van der Waals surface area contributed by atoms with E-state index in [-0.39, 0.29) is 23.0 Å². The molecule has 6 heteroatoms. The molecule has 1 aromatic rings. The zero-order valence-corrected chi connectivity index (χ0v) is 8.90. The van der Waals surface area contributed by atoms with Crippen molar-refractivity contribution in [2.75, 3.05) is 5.88 Å². The fourth-order valence-corrected chi connectivity index (χ4v) is 1.12. The van der Waals surface area contributed by atoms with Crippen LogP contribution in [0.5, 0.6) is 0 Å². The number of nitrogens with zero attached hydrogens (tertiary/aromatic N) is 2. The van der Waals surface area contributed by atoms with Gasteiger partial charge in [-0.25, -0.2) is 9.79 Å². The third-order valence-corrected chi connectivity index (χ3v) is 2.03. The molecule has 3 N–H and O–H groups in total. The lowest BCUT2D eigenvalue weighted by atomic mass is 10.1. The normalized spacial score (nSPS) is 10.9. The van der Waals surface area contributed by atoms with E-state index >= 15 is 0 Å². The Balaban J connectivity index is 3.33. The average Bonchev–Trinajstić information content (AvgIpc) is 2.28. The number of alkyl halides is 1. The number of aliphatic imine (C=N–C) groups is 1. The monoisotopic (exact) mass is 237 g/mol. The Morgan fingerprint density at radius 2 is 2.31 bits per heavy atom. The van der Waals surface area contributed by atoms with Crippen LogP contribution in [0, 0.1) is 11.3 Å². The van der Waals surface area contributed by atoms with E-state index in [2.05, 4.69) is 4.99 Å². The van der Waals surface area contributed by atoms with Gasteiger partial charge in [-0.05, 0) is 18.2 Å². The molecule has 0 aromatic heterocycles. The Labute approximate surface area is 96.8 Å². The van der Waals surface area contributed by atoms with Crippen molar-refractivity contribution in [1.29, 1.82) is 5.26 Å². The number of carboxylic acids is 1. The van der Waals surface area contributed by atoms with Gasteiger partial charge in [0.25, 0.3) is 0 Å². The molecule has 0 saturated carbocycles. The molecule has 0 amide bonds. The number of hydrogen-bond donors (Lipinski definition) is 2. The standard InChI is InChI=1S/C10H8ClN3O2/c11-4-9(13)14-8-3-6(5-12)1-2-7(8)10(15)16/h1-3H,4H2,(H2,13,14)(H,15,16). The number of aromatic carboxylic acids is 1. The summed E-state index contributed by atoms with van der Waals surface area (Å²) < 4.78 is 0. The number of nitriles is 1. The lowest BCUT2D eigenvalue weighted by Crippen LogP contribution is -2.12. The minimum atomic E-state index is -1.13. The van der Waals surface area contributed by atoms with Crippen LogP contribution in [0.25, 0.3) is 0 Å². The number of rotatable bonds is 3. The molecule has 0 fully saturated rings. The van der Waals surface area contributed by atoms with Crippen molar-refractivity contribution in [2.45, 2.75) is 0 Å². The molecule has 0 spiro atoms. The molecule has 0 unspecified atom stereocenters. The summed E-state index contributed by atoms with van der Waals surface area (Å²) in [6.07, 6.45) is 0. The van der Waals surface area contributed by atoms with Crippen molar-refractivity contribution in [1.82, 2.24) is 0 Å². The van der Waals surface area contributed by atoms with Crippen LogP contribution in [0.2, 0.25) is 0 Å². The molecule has 0 atom stereocenters. The highest BCUT2D eigenvalue weighted by Crippen LogP contribution is 2.21. The fraction of sp³-hybridized carbons (Fsp3) is 0.100. The molecule has 0 aliphatic heterocycles. The highest BCUT2D eigenvalue weighted by Gasteiger charge is 2.10. The van der Waals surface area contributed by atoms with Gasteiger partial charge in [0.1, 0.15) is 5.84 Å². The van der Waals surface area contributed by atoms with E-state index in [1.807, 2.05) is 6.07 Å². The van der Waals surface area contributed by atoms with Crippen LogP contribution in [0.3, 0.4) is 0 Å². The van der Waals surface area contributed by atoms with Gasteiger partial charge in [0.05, 0.1) is 28.8 Å². The first kappa shape index (κ1) is 12.0. The highest BCUT2D eigenvalue weighted by molar-refractivity contribution is 6.28. The van der Waals surface area contributed by atoms with Gasteiger partial charge in [-0.15, -0.1) is 11.6 Å². The van der Waals surface area contributed by atoms with Crippen molar-refractivity contribution < 1.29 is 9.90 Å². The number of amidine groups is 1. The van der Waals surface area contributed by atoms with Gasteiger partial charge in [-0.2, -0.15) is 5.26 Å². The molecule has 0 aliphatic carbocycles. The van der Waals surface area contributed by atoms with Gasteiger partial charge in [0.15, 0.2) is 0 Å². The van der Waals surface area contributed by atoms with Gasteiger partial charge in [0.2, 0.25) is 0 Å². The Bertz CT molecular complexity index is 491. The zero-order chi connectivity index (χ0) is 12.1. The first-order valence-electron chi connectivity index (χ1n) is 4.25. The number of benzene rings is 1. The van der Waals surface area contributed by atoms with Crippen LogP contribution in [-0.2, 0) is 0 Å². The minimum Gasteiger partial charge on any atom is -0.478 e. The second kappa shape index (κ2) is 5.14. The van der Waals surface area contributed by atoms with Crippen LogP contribution in [-0.4, -0.2) is 22.8 Å². The summed E-state index contributed by atoms with van der Waals surface area (Å²) in [6.45, 7) is 0. The summed E-state index contributed by atoms with van der Waals surface area (Å²) in [5, 5.41) is 17.6. The van der Waals surface area contributed by atoms with E-state index in [0.717, 1.165) is 0 Å². The molecular formula is C10H8ClN3O2. The lowest BCUT2D eigenvalue weighted by molar-refractivity contribution is 0.0698. The van der Waals surface area contributed by atoms with Crippen molar-refractivity contribution in [2.24, 2.45) is 10.7 Å². The summed E-state index contributed by atoms with van der Waals surface area (Å²) in [6, 6.07) is 5.95. The van der Waals surface area contributed by atoms with Gasteiger partial charge < -0.3 is 10.8 Å². The zero-order valence-electron chi connectivity index (χ0n) is 8.14. The van der Waals surface area contributed by atoms with E-state index in [9.17, 15) is 4.79 Å². The molecule has 1 aromatic carbocycles. The third-order valence-electron chi connectivity index (χ3n) is 1.76. The van der Waals surface area contributed by atoms with Crippen LogP contribution in [0.1, 0.15) is 15.9 Å². The van der Waals surface area contributed by atoms with E-state index in [4.69, 9.17) is 27.7 Å². The molecule has 16 heavy (non-hydrogen) atoms. The SMILES string of the molecule is N#Cc1ccc(C(=O)O)c(N=C(N)CCl)c1. The maximum Gasteiger partial charge on any atom is 0.337 e. The second-order valence-corrected chi connectivity index (χ2v) is 3.15. The maximum atomic E-state index is 10.9. The highest BCUT2D eigenvalue weighted by atomic mass is 35.5. The van der Waals surface area contributed by atoms with Crippen LogP contribution in [0.15, 0.2) is 23.2 Å². The fourth-order valence-electron chi connectivity index (χ4n) is 1.06. The minimum absolute atomic E-state index is 0.00413. The molecule has 0 radical (unpaired) electrons. The molecule has 1 rings (SSSR count). The van der Waals surface area contributed by atoms with Crippen molar-refractivity contribution in [3.8, 4) is 6.07 Å². The van der Waals surface area contributed by atoms with Crippen LogP contribution in [0.4, 0.5) is 5.69 Å². The van der Waals surface area contributed by atoms with E-state index in [0.29, 0.717) is 5.56 Å². The average molecular weight is 238 g/mol. The molecule has 0 heterocycles. The van der Waals surface area contributed by atoms with E-state index < -0.39 is 5.97 Å². The number of nitrogens with two attached hydrogens (primary N) is 1. The molecule has 82 valence electrons. The summed E-state index contributed by atoms with van der Waals surface area (Å²) >= 11 is 5.44. The molecule has 0 bridgehead atoms. The van der Waals surface area contributed by atoms with Crippen LogP contribution >= 0.6 is 11.6 Å². The Morgan fingerprint density at radius 1 is 1.62 bits per heavy atom. The van der Waals surface area contributed by atoms with Crippen LogP contribution < -0.4 is 5.73 Å². The van der Waals surface area contributed by atoms with Crippen molar-refractivity contribution >= 4 is 29.1 Å². The maximum absolute atomic E-state index is 10.9. The quantitative estimate of drug-likeness (QED) is 0.472. The number of hydrogen-bond acceptors (Lipinski definition) is 3. The van der Waals surface area contributed by atoms with Gasteiger partial charge in [-0.1, -0.05) is 0 Å². The Hall–Kier alpha value is -2.06. The lowest BCUT2D eigenvalue weighted by Gasteiger charge is -2.02. The summed E-state index contributed by atoms with van der Waals surface area (Å²) in [5.41, 5.74) is 5.83. The number of halogens is 1. The molecule has 0 aliphatic rings. The van der Waals surface area contributed by atoms with Gasteiger partial charge in [-0.3, -0.25) is 0 Å². The molecule has 5 nitrogen and oxygen atoms in total. The van der Waals surface area contributed by atoms with E-state index in [1.165, 1.54) is 18.2 Å². The van der Waals surface area contributed by atoms with Crippen molar-refractivity contribution in [3.05, 3.63) is 29.3 Å². The largest absolute Gasteiger partial charge is 0.478 e. The second-order valence-electron chi connectivity index (χ2n) is 2.89. The summed E-state index contributed by atoms with van der Waals surface area (Å²) in [5.74, 6) is -1.04. The predicted molar refractivity (Wildman–Crippen MR) is 60.1 cm³/mol. The molecule has 0 saturated heterocycles. The Kier molecular flexibility index (Phi) is 3.86. The third kappa shape index (κ3) is 2.72. The van der Waals surface area contributed by atoms with E-state index in [1.54, 1.807) is 0 Å². The van der Waals surface area contributed by atoms with Crippen molar-refractivity contribution in [3.63, 3.8) is 0 Å². The predicted octanol–water partition coefficient (Wildman–Crippen LogP) is 1.48.